The fraction of sp³-hybridized carbons (Fsp3) is 0. The Morgan fingerprint density at radius 1 is 0.577 bits per heavy atom. The second-order valence-electron chi connectivity index (χ2n) is 5.99. The van der Waals surface area contributed by atoms with Gasteiger partial charge in [0.1, 0.15) is 5.71 Å². The lowest BCUT2D eigenvalue weighted by molar-refractivity contribution is 1.24. The number of hydrogen-bond donors (Lipinski definition) is 0. The van der Waals surface area contributed by atoms with Gasteiger partial charge in [-0.15, -0.1) is 5.10 Å². The van der Waals surface area contributed by atoms with Crippen molar-refractivity contribution in [2.45, 2.75) is 0 Å². The molecule has 0 radical (unpaired) electrons. The van der Waals surface area contributed by atoms with E-state index in [4.69, 9.17) is 0 Å². The van der Waals surface area contributed by atoms with Gasteiger partial charge < -0.3 is 0 Å². The van der Waals surface area contributed by atoms with Gasteiger partial charge in [-0.2, -0.15) is 5.10 Å². The van der Waals surface area contributed by atoms with E-state index in [0.717, 1.165) is 22.4 Å². The highest BCUT2D eigenvalue weighted by Gasteiger charge is 2.05. The van der Waals surface area contributed by atoms with E-state index < -0.39 is 0 Å². The van der Waals surface area contributed by atoms with Crippen molar-refractivity contribution < 1.29 is 0 Å². The first-order valence-corrected chi connectivity index (χ1v) is 8.61. The highest BCUT2D eigenvalue weighted by molar-refractivity contribution is 6.13. The maximum Gasteiger partial charge on any atom is 0.100 e. The fourth-order valence-electron chi connectivity index (χ4n) is 2.99. The summed E-state index contributed by atoms with van der Waals surface area (Å²) in [6.45, 7) is 0. The second kappa shape index (κ2) is 7.58. The zero-order chi connectivity index (χ0) is 17.6. The van der Waals surface area contributed by atoms with Crippen LogP contribution >= 0.6 is 0 Å². The Balaban J connectivity index is 1.74. The Kier molecular flexibility index (Phi) is 4.66. The van der Waals surface area contributed by atoms with Crippen LogP contribution in [0.5, 0.6) is 0 Å². The van der Waals surface area contributed by atoms with E-state index in [1.54, 1.807) is 0 Å². The lowest BCUT2D eigenvalue weighted by Gasteiger charge is -2.05. The summed E-state index contributed by atoms with van der Waals surface area (Å²) in [5, 5.41) is 11.3. The summed E-state index contributed by atoms with van der Waals surface area (Å²) in [5.74, 6) is 0. The molecular formula is C24H18N2. The van der Waals surface area contributed by atoms with Gasteiger partial charge in [0.15, 0.2) is 0 Å². The van der Waals surface area contributed by atoms with Gasteiger partial charge in [0.2, 0.25) is 0 Å². The van der Waals surface area contributed by atoms with Gasteiger partial charge in [-0.1, -0.05) is 103 Å². The zero-order valence-electron chi connectivity index (χ0n) is 14.3. The number of hydrogen-bond acceptors (Lipinski definition) is 2. The molecule has 4 aromatic carbocycles. The molecule has 0 bridgehead atoms. The van der Waals surface area contributed by atoms with E-state index in [2.05, 4.69) is 58.7 Å². The minimum Gasteiger partial charge on any atom is -0.158 e. The predicted octanol–water partition coefficient (Wildman–Crippen LogP) is 5.71. The van der Waals surface area contributed by atoms with Gasteiger partial charge >= 0.3 is 0 Å². The average Bonchev–Trinajstić information content (AvgIpc) is 2.72. The summed E-state index contributed by atoms with van der Waals surface area (Å²) in [5.41, 5.74) is 4.03. The van der Waals surface area contributed by atoms with Crippen LogP contribution in [0, 0.1) is 0 Å². The summed E-state index contributed by atoms with van der Waals surface area (Å²) in [7, 11) is 0. The maximum atomic E-state index is 4.55. The SMILES string of the molecule is C(=N\N=C(c1ccccc1)c1ccccc1)/c1cccc2ccccc12. The van der Waals surface area contributed by atoms with Crippen LogP contribution in [0.1, 0.15) is 16.7 Å². The third-order valence-electron chi connectivity index (χ3n) is 4.27. The van der Waals surface area contributed by atoms with Crippen molar-refractivity contribution in [1.82, 2.24) is 0 Å². The number of rotatable bonds is 4. The second-order valence-corrected chi connectivity index (χ2v) is 5.99. The minimum absolute atomic E-state index is 0.864. The Morgan fingerprint density at radius 2 is 1.15 bits per heavy atom. The predicted molar refractivity (Wildman–Crippen MR) is 110 cm³/mol. The fourth-order valence-corrected chi connectivity index (χ4v) is 2.99. The highest BCUT2D eigenvalue weighted by atomic mass is 15.2. The van der Waals surface area contributed by atoms with Crippen molar-refractivity contribution in [2.24, 2.45) is 10.2 Å². The van der Waals surface area contributed by atoms with Crippen LogP contribution < -0.4 is 0 Å². The van der Waals surface area contributed by atoms with E-state index in [0.29, 0.717) is 0 Å². The summed E-state index contributed by atoms with van der Waals surface area (Å²) >= 11 is 0. The molecule has 0 aromatic heterocycles. The van der Waals surface area contributed by atoms with Crippen LogP contribution in [0.15, 0.2) is 113 Å². The molecule has 4 aromatic rings. The molecule has 0 N–H and O–H groups in total. The van der Waals surface area contributed by atoms with Crippen LogP contribution in [-0.4, -0.2) is 11.9 Å². The minimum atomic E-state index is 0.864. The monoisotopic (exact) mass is 334 g/mol. The van der Waals surface area contributed by atoms with Gasteiger partial charge in [0.05, 0.1) is 6.21 Å². The molecule has 0 unspecified atom stereocenters. The van der Waals surface area contributed by atoms with E-state index in [9.17, 15) is 0 Å². The Morgan fingerprint density at radius 3 is 1.85 bits per heavy atom. The standard InChI is InChI=1S/C24H18N2/c1-3-11-20(12-4-1)24(21-13-5-2-6-14-21)26-25-18-22-16-9-15-19-10-7-8-17-23(19)22/h1-18H/b25-18+. The van der Waals surface area contributed by atoms with Crippen LogP contribution in [0.3, 0.4) is 0 Å². The molecule has 0 heterocycles. The Hall–Kier alpha value is -3.52. The van der Waals surface area contributed by atoms with Gasteiger partial charge in [0.25, 0.3) is 0 Å². The molecule has 124 valence electrons. The Labute approximate surface area is 153 Å². The van der Waals surface area contributed by atoms with E-state index in [-0.39, 0.29) is 0 Å². The smallest absolute Gasteiger partial charge is 0.100 e. The molecule has 2 nitrogen and oxygen atoms in total. The van der Waals surface area contributed by atoms with Crippen LogP contribution in [-0.2, 0) is 0 Å². The highest BCUT2D eigenvalue weighted by Crippen LogP contribution is 2.17. The van der Waals surface area contributed by atoms with Gasteiger partial charge in [0, 0.05) is 16.7 Å². The summed E-state index contributed by atoms with van der Waals surface area (Å²) in [6.07, 6.45) is 1.83. The Bertz CT molecular complexity index is 1020. The molecule has 0 saturated carbocycles. The molecule has 2 heteroatoms. The molecule has 0 aliphatic carbocycles. The molecule has 0 spiro atoms. The number of nitrogens with zero attached hydrogens (tertiary/aromatic N) is 2. The third-order valence-corrected chi connectivity index (χ3v) is 4.27. The van der Waals surface area contributed by atoms with Crippen molar-refractivity contribution in [3.63, 3.8) is 0 Å². The quantitative estimate of drug-likeness (QED) is 0.337. The summed E-state index contributed by atoms with van der Waals surface area (Å²) < 4.78 is 0. The third kappa shape index (κ3) is 3.45. The molecule has 0 amide bonds. The molecule has 0 saturated heterocycles. The lowest BCUT2D eigenvalue weighted by atomic mass is 10.0. The maximum absolute atomic E-state index is 4.55. The average molecular weight is 334 g/mol. The van der Waals surface area contributed by atoms with Gasteiger partial charge in [-0.25, -0.2) is 0 Å². The number of fused-ring (bicyclic) bond motifs is 1. The van der Waals surface area contributed by atoms with Crippen LogP contribution in [0.4, 0.5) is 0 Å². The van der Waals surface area contributed by atoms with Gasteiger partial charge in [-0.3, -0.25) is 0 Å². The first kappa shape index (κ1) is 16.0. The van der Waals surface area contributed by atoms with E-state index in [1.807, 2.05) is 60.8 Å². The van der Waals surface area contributed by atoms with Crippen molar-refractivity contribution >= 4 is 22.7 Å². The first-order valence-electron chi connectivity index (χ1n) is 8.61. The summed E-state index contributed by atoms with van der Waals surface area (Å²) in [4.78, 5) is 0. The van der Waals surface area contributed by atoms with E-state index >= 15 is 0 Å². The van der Waals surface area contributed by atoms with Crippen molar-refractivity contribution in [1.29, 1.82) is 0 Å². The van der Waals surface area contributed by atoms with Crippen LogP contribution in [0.25, 0.3) is 10.8 Å². The molecule has 0 fully saturated rings. The van der Waals surface area contributed by atoms with Crippen LogP contribution in [0.2, 0.25) is 0 Å². The molecule has 0 aliphatic rings. The number of benzene rings is 4. The molecule has 0 atom stereocenters. The summed E-state index contributed by atoms with van der Waals surface area (Å²) in [6, 6.07) is 34.8. The van der Waals surface area contributed by atoms with Crippen molar-refractivity contribution in [3.8, 4) is 0 Å². The normalized spacial score (nSPS) is 10.9. The largest absolute Gasteiger partial charge is 0.158 e. The first-order chi connectivity index (χ1) is 12.9. The molecule has 26 heavy (non-hydrogen) atoms. The zero-order valence-corrected chi connectivity index (χ0v) is 14.3. The molecule has 4 rings (SSSR count). The van der Waals surface area contributed by atoms with Crippen molar-refractivity contribution in [3.05, 3.63) is 120 Å². The van der Waals surface area contributed by atoms with Crippen molar-refractivity contribution in [2.75, 3.05) is 0 Å². The van der Waals surface area contributed by atoms with E-state index in [1.165, 1.54) is 10.8 Å². The topological polar surface area (TPSA) is 24.7 Å². The van der Waals surface area contributed by atoms with Gasteiger partial charge in [-0.05, 0) is 10.8 Å². The lowest BCUT2D eigenvalue weighted by Crippen LogP contribution is -2.02. The molecular weight excluding hydrogens is 316 g/mol. The molecule has 0 aliphatic heterocycles.